The van der Waals surface area contributed by atoms with Gasteiger partial charge in [-0.05, 0) is 35.7 Å². The first-order valence-corrected chi connectivity index (χ1v) is 6.82. The summed E-state index contributed by atoms with van der Waals surface area (Å²) >= 11 is 0. The molecule has 122 valence electrons. The van der Waals surface area contributed by atoms with Gasteiger partial charge in [0.15, 0.2) is 5.69 Å². The van der Waals surface area contributed by atoms with Gasteiger partial charge < -0.3 is 11.1 Å². The number of carbonyl (C=O) groups is 1. The van der Waals surface area contributed by atoms with E-state index in [2.05, 4.69) is 15.5 Å². The number of benzene rings is 1. The fourth-order valence-electron chi connectivity index (χ4n) is 1.93. The minimum absolute atomic E-state index is 0.0325. The van der Waals surface area contributed by atoms with E-state index in [0.29, 0.717) is 12.4 Å². The molecule has 0 aliphatic heterocycles. The fraction of sp³-hybridized carbons (Fsp3) is 0.267. The molecule has 2 rings (SSSR count). The number of nitrogens with two attached hydrogens (primary N) is 1. The van der Waals surface area contributed by atoms with Crippen molar-refractivity contribution >= 4 is 11.7 Å². The first-order chi connectivity index (χ1) is 10.8. The molecule has 0 saturated heterocycles. The fourth-order valence-corrected chi connectivity index (χ4v) is 1.93. The summed E-state index contributed by atoms with van der Waals surface area (Å²) in [6.07, 6.45) is -4.34. The second-order valence-corrected chi connectivity index (χ2v) is 5.07. The number of alkyl halides is 3. The smallest absolute Gasteiger partial charge is 0.368 e. The van der Waals surface area contributed by atoms with Crippen LogP contribution in [0.2, 0.25) is 0 Å². The maximum absolute atomic E-state index is 12.5. The first kappa shape index (κ1) is 16.7. The van der Waals surface area contributed by atoms with Crippen LogP contribution in [-0.2, 0) is 6.18 Å². The second-order valence-electron chi connectivity index (χ2n) is 5.07. The number of nitrogens with one attached hydrogen (secondary N) is 1. The maximum Gasteiger partial charge on any atom is 0.416 e. The molecule has 1 aromatic heterocycles. The third-order valence-electron chi connectivity index (χ3n) is 3.31. The molecule has 1 heterocycles. The number of aromatic nitrogens is 2. The van der Waals surface area contributed by atoms with Crippen molar-refractivity contribution in [3.63, 3.8) is 0 Å². The molecule has 0 bridgehead atoms. The Labute approximate surface area is 130 Å². The molecular formula is C15H15F3N4O. The Hall–Kier alpha value is -2.64. The number of nitrogens with zero attached hydrogens (tertiary/aromatic N) is 2. The van der Waals surface area contributed by atoms with Gasteiger partial charge in [-0.2, -0.15) is 13.2 Å². The summed E-state index contributed by atoms with van der Waals surface area (Å²) in [6, 6.07) is 8.04. The van der Waals surface area contributed by atoms with Crippen molar-refractivity contribution in [3.8, 4) is 0 Å². The zero-order valence-electron chi connectivity index (χ0n) is 12.3. The SMILES string of the molecule is CC(CNc1ccc(C(N)=O)nn1)c1ccc(C(F)(F)F)cc1. The Kier molecular flexibility index (Phi) is 4.83. The van der Waals surface area contributed by atoms with E-state index in [1.165, 1.54) is 18.2 Å². The summed E-state index contributed by atoms with van der Waals surface area (Å²) in [6.45, 7) is 2.33. The lowest BCUT2D eigenvalue weighted by Gasteiger charge is -2.14. The number of amides is 1. The second kappa shape index (κ2) is 6.64. The van der Waals surface area contributed by atoms with E-state index in [1.54, 1.807) is 6.07 Å². The van der Waals surface area contributed by atoms with Gasteiger partial charge in [-0.3, -0.25) is 4.79 Å². The van der Waals surface area contributed by atoms with Crippen molar-refractivity contribution in [3.05, 3.63) is 53.2 Å². The molecule has 1 aromatic carbocycles. The number of hydrogen-bond donors (Lipinski definition) is 2. The van der Waals surface area contributed by atoms with Crippen LogP contribution in [0.1, 0.15) is 34.5 Å². The monoisotopic (exact) mass is 324 g/mol. The van der Waals surface area contributed by atoms with Gasteiger partial charge in [0.2, 0.25) is 0 Å². The average molecular weight is 324 g/mol. The Morgan fingerprint density at radius 1 is 1.17 bits per heavy atom. The lowest BCUT2D eigenvalue weighted by molar-refractivity contribution is -0.137. The molecule has 0 aliphatic rings. The number of hydrogen-bond acceptors (Lipinski definition) is 4. The molecule has 1 unspecified atom stereocenters. The van der Waals surface area contributed by atoms with Gasteiger partial charge in [0.05, 0.1) is 5.56 Å². The van der Waals surface area contributed by atoms with Gasteiger partial charge in [-0.15, -0.1) is 10.2 Å². The molecule has 0 aliphatic carbocycles. The van der Waals surface area contributed by atoms with E-state index in [9.17, 15) is 18.0 Å². The Bertz CT molecular complexity index is 669. The first-order valence-electron chi connectivity index (χ1n) is 6.82. The molecule has 5 nitrogen and oxygen atoms in total. The molecule has 2 aromatic rings. The molecule has 0 fully saturated rings. The van der Waals surface area contributed by atoms with Crippen LogP contribution in [0.25, 0.3) is 0 Å². The summed E-state index contributed by atoms with van der Waals surface area (Å²) in [5, 5.41) is 10.5. The minimum atomic E-state index is -4.34. The largest absolute Gasteiger partial charge is 0.416 e. The highest BCUT2D eigenvalue weighted by Crippen LogP contribution is 2.30. The average Bonchev–Trinajstić information content (AvgIpc) is 2.52. The van der Waals surface area contributed by atoms with E-state index >= 15 is 0 Å². The molecular weight excluding hydrogens is 309 g/mol. The number of rotatable bonds is 5. The number of carbonyl (C=O) groups excluding carboxylic acids is 1. The summed E-state index contributed by atoms with van der Waals surface area (Å²) in [4.78, 5) is 10.9. The number of anilines is 1. The topological polar surface area (TPSA) is 80.9 Å². The predicted molar refractivity (Wildman–Crippen MR) is 78.9 cm³/mol. The minimum Gasteiger partial charge on any atom is -0.368 e. The van der Waals surface area contributed by atoms with Crippen molar-refractivity contribution in [2.24, 2.45) is 5.73 Å². The number of halogens is 3. The van der Waals surface area contributed by atoms with Crippen molar-refractivity contribution in [2.75, 3.05) is 11.9 Å². The van der Waals surface area contributed by atoms with E-state index in [-0.39, 0.29) is 11.6 Å². The molecule has 1 atom stereocenters. The van der Waals surface area contributed by atoms with Crippen molar-refractivity contribution in [1.29, 1.82) is 0 Å². The Balaban J connectivity index is 1.96. The zero-order chi connectivity index (χ0) is 17.0. The van der Waals surface area contributed by atoms with E-state index < -0.39 is 17.6 Å². The zero-order valence-corrected chi connectivity index (χ0v) is 12.3. The summed E-state index contributed by atoms with van der Waals surface area (Å²) in [5.41, 5.74) is 5.22. The Morgan fingerprint density at radius 2 is 1.83 bits per heavy atom. The van der Waals surface area contributed by atoms with Crippen LogP contribution in [0.4, 0.5) is 19.0 Å². The normalized spacial score (nSPS) is 12.7. The van der Waals surface area contributed by atoms with Crippen LogP contribution < -0.4 is 11.1 Å². The third-order valence-corrected chi connectivity index (χ3v) is 3.31. The van der Waals surface area contributed by atoms with Crippen LogP contribution in [0.15, 0.2) is 36.4 Å². The van der Waals surface area contributed by atoms with Crippen LogP contribution in [0.5, 0.6) is 0 Å². The summed E-state index contributed by atoms with van der Waals surface area (Å²) in [7, 11) is 0. The predicted octanol–water partition coefficient (Wildman–Crippen LogP) is 2.81. The van der Waals surface area contributed by atoms with Crippen molar-refractivity contribution < 1.29 is 18.0 Å². The Morgan fingerprint density at radius 3 is 2.30 bits per heavy atom. The lowest BCUT2D eigenvalue weighted by Crippen LogP contribution is -2.15. The van der Waals surface area contributed by atoms with Gasteiger partial charge in [-0.25, -0.2) is 0 Å². The highest BCUT2D eigenvalue weighted by Gasteiger charge is 2.30. The van der Waals surface area contributed by atoms with Gasteiger partial charge in [0.1, 0.15) is 5.82 Å². The van der Waals surface area contributed by atoms with E-state index in [4.69, 9.17) is 5.73 Å². The van der Waals surface area contributed by atoms with Crippen LogP contribution in [0, 0.1) is 0 Å². The maximum atomic E-state index is 12.5. The van der Waals surface area contributed by atoms with Gasteiger partial charge in [0, 0.05) is 6.54 Å². The highest BCUT2D eigenvalue weighted by atomic mass is 19.4. The molecule has 0 saturated carbocycles. The number of primary amides is 1. The molecule has 3 N–H and O–H groups in total. The van der Waals surface area contributed by atoms with Crippen molar-refractivity contribution in [2.45, 2.75) is 19.0 Å². The quantitative estimate of drug-likeness (QED) is 0.886. The molecule has 0 spiro atoms. The molecule has 0 radical (unpaired) electrons. The highest BCUT2D eigenvalue weighted by molar-refractivity contribution is 5.90. The third kappa shape index (κ3) is 4.41. The van der Waals surface area contributed by atoms with Gasteiger partial charge in [0.25, 0.3) is 5.91 Å². The van der Waals surface area contributed by atoms with Crippen molar-refractivity contribution in [1.82, 2.24) is 10.2 Å². The lowest BCUT2D eigenvalue weighted by atomic mass is 9.99. The van der Waals surface area contributed by atoms with E-state index in [0.717, 1.165) is 17.7 Å². The standard InChI is InChI=1S/C15H15F3N4O/c1-9(10-2-4-11(5-3-10)15(16,17)18)8-20-13-7-6-12(14(19)23)21-22-13/h2-7,9H,8H2,1H3,(H2,19,23)(H,20,22). The van der Waals surface area contributed by atoms with Crippen LogP contribution in [0.3, 0.4) is 0 Å². The summed E-state index contributed by atoms with van der Waals surface area (Å²) in [5.74, 6) is -0.245. The van der Waals surface area contributed by atoms with Gasteiger partial charge in [-0.1, -0.05) is 19.1 Å². The van der Waals surface area contributed by atoms with Crippen LogP contribution >= 0.6 is 0 Å². The molecule has 1 amide bonds. The van der Waals surface area contributed by atoms with Gasteiger partial charge >= 0.3 is 6.18 Å². The molecule has 23 heavy (non-hydrogen) atoms. The summed E-state index contributed by atoms with van der Waals surface area (Å²) < 4.78 is 37.6. The van der Waals surface area contributed by atoms with Crippen LogP contribution in [-0.4, -0.2) is 22.6 Å². The van der Waals surface area contributed by atoms with E-state index in [1.807, 2.05) is 6.92 Å². The molecule has 8 heteroatoms.